The van der Waals surface area contributed by atoms with Crippen molar-refractivity contribution in [3.63, 3.8) is 0 Å². The summed E-state index contributed by atoms with van der Waals surface area (Å²) in [6.07, 6.45) is 9.32. The summed E-state index contributed by atoms with van der Waals surface area (Å²) >= 11 is 1.76. The van der Waals surface area contributed by atoms with Crippen molar-refractivity contribution in [2.45, 2.75) is 27.2 Å². The second-order valence-corrected chi connectivity index (χ2v) is 12.6. The van der Waals surface area contributed by atoms with Gasteiger partial charge in [0.2, 0.25) is 0 Å². The number of allylic oxidation sites excluding steroid dienone is 1. The van der Waals surface area contributed by atoms with Gasteiger partial charge in [0.1, 0.15) is 4.83 Å². The number of aromatic nitrogens is 3. The molecule has 0 spiro atoms. The lowest BCUT2D eigenvalue weighted by Gasteiger charge is -2.11. The Labute approximate surface area is 267 Å². The molecule has 0 atom stereocenters. The first-order valence-electron chi connectivity index (χ1n) is 15.5. The summed E-state index contributed by atoms with van der Waals surface area (Å²) in [4.78, 5) is 6.09. The van der Waals surface area contributed by atoms with E-state index >= 15 is 0 Å². The molecule has 0 radical (unpaired) electrons. The molecule has 4 aromatic heterocycles. The lowest BCUT2D eigenvalue weighted by molar-refractivity contribution is 1.05. The summed E-state index contributed by atoms with van der Waals surface area (Å²) in [5.74, 6) is 0. The van der Waals surface area contributed by atoms with Crippen molar-refractivity contribution >= 4 is 65.6 Å². The van der Waals surface area contributed by atoms with Gasteiger partial charge in [0.05, 0.1) is 22.9 Å². The molecule has 8 aromatic rings. The Balaban J connectivity index is 1.36. The van der Waals surface area contributed by atoms with Crippen LogP contribution in [-0.4, -0.2) is 14.1 Å². The molecule has 0 bridgehead atoms. The van der Waals surface area contributed by atoms with Crippen LogP contribution >= 0.6 is 11.3 Å². The fraction of sp³-hybridized carbons (Fsp3) is 0.0976. The Morgan fingerprint density at radius 3 is 2.33 bits per heavy atom. The first-order chi connectivity index (χ1) is 22.1. The zero-order valence-electron chi connectivity index (χ0n) is 25.7. The van der Waals surface area contributed by atoms with Crippen molar-refractivity contribution in [2.24, 2.45) is 0 Å². The molecule has 3 nitrogen and oxygen atoms in total. The zero-order valence-corrected chi connectivity index (χ0v) is 26.5. The van der Waals surface area contributed by atoms with Crippen molar-refractivity contribution in [3.05, 3.63) is 138 Å². The molecular weight excluding hydrogens is 567 g/mol. The van der Waals surface area contributed by atoms with Gasteiger partial charge in [-0.15, -0.1) is 11.3 Å². The number of pyridine rings is 1. The highest BCUT2D eigenvalue weighted by Crippen LogP contribution is 2.39. The second-order valence-electron chi connectivity index (χ2n) is 11.5. The molecule has 4 heteroatoms. The molecular formula is C41H33N3S. The molecule has 0 saturated heterocycles. The molecule has 0 fully saturated rings. The highest BCUT2D eigenvalue weighted by molar-refractivity contribution is 7.25. The van der Waals surface area contributed by atoms with E-state index in [1.54, 1.807) is 11.3 Å². The van der Waals surface area contributed by atoms with Crippen LogP contribution in [0.1, 0.15) is 36.4 Å². The Hall–Kier alpha value is -5.19. The van der Waals surface area contributed by atoms with Gasteiger partial charge in [-0.25, -0.2) is 4.98 Å². The van der Waals surface area contributed by atoms with E-state index in [-0.39, 0.29) is 0 Å². The number of nitrogens with zero attached hydrogens (tertiary/aromatic N) is 3. The summed E-state index contributed by atoms with van der Waals surface area (Å²) in [6.45, 7) is 10.7. The van der Waals surface area contributed by atoms with Crippen LogP contribution in [0.2, 0.25) is 0 Å². The van der Waals surface area contributed by atoms with Crippen molar-refractivity contribution < 1.29 is 0 Å². The lowest BCUT2D eigenvalue weighted by Crippen LogP contribution is -1.99. The van der Waals surface area contributed by atoms with Gasteiger partial charge >= 0.3 is 0 Å². The van der Waals surface area contributed by atoms with Crippen LogP contribution in [0.4, 0.5) is 0 Å². The SMILES string of the molecule is C=Cc1c(C)n(-c2ccc3c(c2)c(CC)c(C=CC)n3-c2cnc3sc4ccc(-c5ccccc5)cc4c3c2)c2ccccc12. The normalized spacial score (nSPS) is 12.0. The summed E-state index contributed by atoms with van der Waals surface area (Å²) in [5.41, 5.74) is 12.0. The molecule has 8 rings (SSSR count). The molecule has 0 amide bonds. The molecule has 0 aliphatic rings. The minimum Gasteiger partial charge on any atom is -0.313 e. The van der Waals surface area contributed by atoms with Crippen molar-refractivity contribution in [1.82, 2.24) is 14.1 Å². The van der Waals surface area contributed by atoms with Gasteiger partial charge in [-0.05, 0) is 85.5 Å². The minimum atomic E-state index is 0.924. The predicted molar refractivity (Wildman–Crippen MR) is 195 cm³/mol. The molecule has 0 unspecified atom stereocenters. The summed E-state index contributed by atoms with van der Waals surface area (Å²) in [7, 11) is 0. The fourth-order valence-corrected chi connectivity index (χ4v) is 8.06. The Morgan fingerprint density at radius 2 is 1.53 bits per heavy atom. The van der Waals surface area contributed by atoms with Crippen LogP contribution in [0.5, 0.6) is 0 Å². The molecule has 0 saturated carbocycles. The molecule has 4 aromatic carbocycles. The maximum atomic E-state index is 5.02. The zero-order chi connectivity index (χ0) is 30.7. The predicted octanol–water partition coefficient (Wildman–Crippen LogP) is 11.6. The van der Waals surface area contributed by atoms with Gasteiger partial charge in [0, 0.05) is 48.9 Å². The highest BCUT2D eigenvalue weighted by Gasteiger charge is 2.20. The summed E-state index contributed by atoms with van der Waals surface area (Å²) in [6, 6.07) is 35.2. The molecule has 218 valence electrons. The molecule has 0 N–H and O–H groups in total. The lowest BCUT2D eigenvalue weighted by atomic mass is 10.0. The minimum absolute atomic E-state index is 0.924. The number of aryl methyl sites for hydroxylation is 1. The Bertz CT molecular complexity index is 2450. The standard InChI is InChI=1S/C41H33N3S/c1-5-13-37-32(7-3)34-23-29(43-26(4)31(6-2)33-16-11-12-17-38(33)43)19-20-39(34)44(37)30-24-36-35-22-28(27-14-9-8-10-15-27)18-21-40(35)45-41(36)42-25-30/h5-6,8-25H,2,7H2,1,3-4H3. The smallest absolute Gasteiger partial charge is 0.124 e. The topological polar surface area (TPSA) is 22.8 Å². The van der Waals surface area contributed by atoms with Crippen LogP contribution in [0, 0.1) is 6.92 Å². The largest absolute Gasteiger partial charge is 0.313 e. The summed E-state index contributed by atoms with van der Waals surface area (Å²) in [5, 5.41) is 4.94. The van der Waals surface area contributed by atoms with Gasteiger partial charge in [-0.2, -0.15) is 0 Å². The maximum absolute atomic E-state index is 5.02. The average Bonchev–Trinajstić information content (AvgIpc) is 3.70. The number of rotatable bonds is 6. The Morgan fingerprint density at radius 1 is 0.756 bits per heavy atom. The van der Waals surface area contributed by atoms with Crippen LogP contribution in [-0.2, 0) is 6.42 Å². The van der Waals surface area contributed by atoms with Gasteiger partial charge in [-0.3, -0.25) is 0 Å². The van der Waals surface area contributed by atoms with Gasteiger partial charge in [0.15, 0.2) is 0 Å². The van der Waals surface area contributed by atoms with E-state index in [1.165, 1.54) is 70.9 Å². The summed E-state index contributed by atoms with van der Waals surface area (Å²) < 4.78 is 6.02. The van der Waals surface area contributed by atoms with Crippen LogP contribution in [0.15, 0.2) is 116 Å². The number of hydrogen-bond donors (Lipinski definition) is 0. The Kier molecular flexibility index (Phi) is 6.54. The first-order valence-corrected chi connectivity index (χ1v) is 16.3. The quantitative estimate of drug-likeness (QED) is 0.186. The molecule has 4 heterocycles. The van der Waals surface area contributed by atoms with Gasteiger partial charge in [-0.1, -0.05) is 80.3 Å². The molecule has 45 heavy (non-hydrogen) atoms. The maximum Gasteiger partial charge on any atom is 0.124 e. The highest BCUT2D eigenvalue weighted by atomic mass is 32.1. The number of fused-ring (bicyclic) bond motifs is 5. The van der Waals surface area contributed by atoms with E-state index < -0.39 is 0 Å². The van der Waals surface area contributed by atoms with Gasteiger partial charge < -0.3 is 9.13 Å². The monoisotopic (exact) mass is 599 g/mol. The van der Waals surface area contributed by atoms with E-state index in [4.69, 9.17) is 4.98 Å². The number of thiophene rings is 1. The average molecular weight is 600 g/mol. The van der Waals surface area contributed by atoms with Crippen LogP contribution < -0.4 is 0 Å². The van der Waals surface area contributed by atoms with Crippen molar-refractivity contribution in [3.8, 4) is 22.5 Å². The third-order valence-electron chi connectivity index (χ3n) is 9.08. The van der Waals surface area contributed by atoms with Gasteiger partial charge in [0.25, 0.3) is 0 Å². The third kappa shape index (κ3) is 4.21. The van der Waals surface area contributed by atoms with Crippen LogP contribution in [0.25, 0.3) is 76.8 Å². The van der Waals surface area contributed by atoms with E-state index in [1.807, 2.05) is 12.3 Å². The van der Waals surface area contributed by atoms with Crippen molar-refractivity contribution in [2.75, 3.05) is 0 Å². The number of benzene rings is 4. The second kappa shape index (κ2) is 10.8. The van der Waals surface area contributed by atoms with Crippen LogP contribution in [0.3, 0.4) is 0 Å². The van der Waals surface area contributed by atoms with E-state index in [9.17, 15) is 0 Å². The van der Waals surface area contributed by atoms with E-state index in [0.29, 0.717) is 0 Å². The van der Waals surface area contributed by atoms with E-state index in [0.717, 1.165) is 22.6 Å². The van der Waals surface area contributed by atoms with E-state index in [2.05, 4.69) is 146 Å². The van der Waals surface area contributed by atoms with Crippen molar-refractivity contribution in [1.29, 1.82) is 0 Å². The number of hydrogen-bond acceptors (Lipinski definition) is 2. The fourth-order valence-electron chi connectivity index (χ4n) is 7.05. The molecule has 0 aliphatic carbocycles. The third-order valence-corrected chi connectivity index (χ3v) is 10.2. The first kappa shape index (κ1) is 27.4. The number of para-hydroxylation sites is 1. The molecule has 0 aliphatic heterocycles.